The first-order valence-electron chi connectivity index (χ1n) is 14.3. The van der Waals surface area contributed by atoms with E-state index in [2.05, 4.69) is 10.6 Å². The van der Waals surface area contributed by atoms with Crippen LogP contribution in [0, 0.1) is 0 Å². The molecule has 0 saturated carbocycles. The van der Waals surface area contributed by atoms with Crippen molar-refractivity contribution in [1.29, 1.82) is 0 Å². The molecule has 43 heavy (non-hydrogen) atoms. The van der Waals surface area contributed by atoms with Crippen molar-refractivity contribution in [3.63, 3.8) is 0 Å². The van der Waals surface area contributed by atoms with Crippen LogP contribution in [0.4, 0.5) is 4.79 Å². The number of fused-ring (bicyclic) bond motifs is 1. The van der Waals surface area contributed by atoms with E-state index in [4.69, 9.17) is 33.2 Å². The van der Waals surface area contributed by atoms with Gasteiger partial charge in [-0.05, 0) is 38.8 Å². The second-order valence-corrected chi connectivity index (χ2v) is 11.6. The number of ether oxygens (including phenoxy) is 7. The van der Waals surface area contributed by atoms with E-state index in [1.165, 1.54) is 0 Å². The fraction of sp³-hybridized carbons (Fsp3) is 0.516. The van der Waals surface area contributed by atoms with Crippen molar-refractivity contribution in [2.24, 2.45) is 0 Å². The van der Waals surface area contributed by atoms with Gasteiger partial charge in [0.1, 0.15) is 31.4 Å². The average Bonchev–Trinajstić information content (AvgIpc) is 3.60. The quantitative estimate of drug-likeness (QED) is 0.392. The van der Waals surface area contributed by atoms with Crippen molar-refractivity contribution in [2.45, 2.75) is 89.0 Å². The number of alkyl carbamates (subject to hydrolysis) is 1. The Balaban J connectivity index is 1.24. The Morgan fingerprint density at radius 2 is 1.56 bits per heavy atom. The molecule has 2 aromatic rings. The third-order valence-electron chi connectivity index (χ3n) is 7.18. The number of amides is 2. The van der Waals surface area contributed by atoms with E-state index in [-0.39, 0.29) is 19.6 Å². The summed E-state index contributed by atoms with van der Waals surface area (Å²) in [6.45, 7) is 6.95. The Kier molecular flexibility index (Phi) is 9.33. The van der Waals surface area contributed by atoms with Gasteiger partial charge in [-0.15, -0.1) is 0 Å². The SMILES string of the molecule is CC1(C)O[C@@H]2O[C@@H]([C@@H]3COC(C)(C)O3)[C@@H](OC(=O)[C@@H](Cc3ccccc3)NC(=O)CNC(=O)OCc3ccccc3)[C@H]2O1. The highest BCUT2D eigenvalue weighted by atomic mass is 16.8. The zero-order valence-corrected chi connectivity index (χ0v) is 24.6. The Bertz CT molecular complexity index is 1270. The molecule has 3 saturated heterocycles. The predicted octanol–water partition coefficient (Wildman–Crippen LogP) is 2.58. The summed E-state index contributed by atoms with van der Waals surface area (Å²) < 4.78 is 41.0. The number of hydrogen-bond donors (Lipinski definition) is 2. The average molecular weight is 599 g/mol. The molecule has 12 nitrogen and oxygen atoms in total. The van der Waals surface area contributed by atoms with Crippen molar-refractivity contribution in [1.82, 2.24) is 10.6 Å². The summed E-state index contributed by atoms with van der Waals surface area (Å²) in [5.41, 5.74) is 1.61. The summed E-state index contributed by atoms with van der Waals surface area (Å²) in [7, 11) is 0. The lowest BCUT2D eigenvalue weighted by molar-refractivity contribution is -0.235. The molecule has 3 aliphatic heterocycles. The molecule has 0 unspecified atom stereocenters. The molecule has 3 heterocycles. The molecule has 232 valence electrons. The summed E-state index contributed by atoms with van der Waals surface area (Å²) in [4.78, 5) is 38.7. The van der Waals surface area contributed by atoms with Gasteiger partial charge < -0.3 is 43.8 Å². The lowest BCUT2D eigenvalue weighted by Gasteiger charge is -2.30. The van der Waals surface area contributed by atoms with Crippen LogP contribution in [-0.2, 0) is 55.8 Å². The van der Waals surface area contributed by atoms with Crippen molar-refractivity contribution >= 4 is 18.0 Å². The fourth-order valence-corrected chi connectivity index (χ4v) is 5.25. The molecule has 2 amide bonds. The smallest absolute Gasteiger partial charge is 0.407 e. The van der Waals surface area contributed by atoms with Gasteiger partial charge in [-0.3, -0.25) is 4.79 Å². The van der Waals surface area contributed by atoms with E-state index < -0.39 is 72.8 Å². The lowest BCUT2D eigenvalue weighted by atomic mass is 10.0. The minimum absolute atomic E-state index is 0.0551. The number of nitrogens with one attached hydrogen (secondary N) is 2. The topological polar surface area (TPSA) is 140 Å². The third-order valence-corrected chi connectivity index (χ3v) is 7.18. The van der Waals surface area contributed by atoms with Gasteiger partial charge in [-0.1, -0.05) is 60.7 Å². The molecule has 3 aliphatic rings. The van der Waals surface area contributed by atoms with Crippen molar-refractivity contribution in [3.8, 4) is 0 Å². The van der Waals surface area contributed by atoms with E-state index in [0.29, 0.717) is 0 Å². The zero-order chi connectivity index (χ0) is 30.6. The summed E-state index contributed by atoms with van der Waals surface area (Å²) in [5, 5.41) is 5.10. The number of hydrogen-bond acceptors (Lipinski definition) is 10. The minimum atomic E-state index is -1.08. The maximum absolute atomic E-state index is 13.7. The number of esters is 1. The van der Waals surface area contributed by atoms with Gasteiger partial charge in [0.2, 0.25) is 5.91 Å². The van der Waals surface area contributed by atoms with Crippen molar-refractivity contribution in [2.75, 3.05) is 13.2 Å². The summed E-state index contributed by atoms with van der Waals surface area (Å²) >= 11 is 0. The van der Waals surface area contributed by atoms with Gasteiger partial charge in [-0.2, -0.15) is 0 Å². The fourth-order valence-electron chi connectivity index (χ4n) is 5.25. The first-order chi connectivity index (χ1) is 20.5. The van der Waals surface area contributed by atoms with Gasteiger partial charge in [0.25, 0.3) is 0 Å². The highest BCUT2D eigenvalue weighted by Crippen LogP contribution is 2.42. The van der Waals surface area contributed by atoms with Crippen LogP contribution in [-0.4, -0.2) is 79.4 Å². The molecule has 0 radical (unpaired) electrons. The zero-order valence-electron chi connectivity index (χ0n) is 24.6. The standard InChI is InChI=1S/C31H38N2O10/c1-30(2)38-18-22(41-30)24-25(26-28(40-24)43-31(3,4)42-26)39-27(35)21(15-19-11-7-5-8-12-19)33-23(34)16-32-29(36)37-17-20-13-9-6-10-14-20/h5-14,21-22,24-26,28H,15-18H2,1-4H3,(H,32,36)(H,33,34)/t21-,22+,24+,25-,26-,28+/m1/s1. The molecule has 6 atom stereocenters. The van der Waals surface area contributed by atoms with Crippen LogP contribution >= 0.6 is 0 Å². The van der Waals surface area contributed by atoms with Crippen molar-refractivity contribution < 1.29 is 47.5 Å². The summed E-state index contributed by atoms with van der Waals surface area (Å²) in [6.07, 6.45) is -4.28. The summed E-state index contributed by atoms with van der Waals surface area (Å²) in [5.74, 6) is -3.08. The number of carbonyl (C=O) groups excluding carboxylic acids is 3. The van der Waals surface area contributed by atoms with Crippen LogP contribution < -0.4 is 10.6 Å². The van der Waals surface area contributed by atoms with E-state index in [0.717, 1.165) is 11.1 Å². The van der Waals surface area contributed by atoms with Crippen LogP contribution in [0.2, 0.25) is 0 Å². The van der Waals surface area contributed by atoms with Gasteiger partial charge in [-0.25, -0.2) is 9.59 Å². The number of rotatable bonds is 10. The van der Waals surface area contributed by atoms with Gasteiger partial charge in [0, 0.05) is 6.42 Å². The highest BCUT2D eigenvalue weighted by molar-refractivity contribution is 5.87. The molecule has 0 spiro atoms. The molecular weight excluding hydrogens is 560 g/mol. The van der Waals surface area contributed by atoms with Gasteiger partial charge >= 0.3 is 12.1 Å². The van der Waals surface area contributed by atoms with E-state index in [1.54, 1.807) is 27.7 Å². The number of carbonyl (C=O) groups is 3. The van der Waals surface area contributed by atoms with Crippen LogP contribution in [0.15, 0.2) is 60.7 Å². The molecule has 5 rings (SSSR count). The molecule has 0 bridgehead atoms. The van der Waals surface area contributed by atoms with Gasteiger partial charge in [0.15, 0.2) is 30.1 Å². The monoisotopic (exact) mass is 598 g/mol. The normalized spacial score (nSPS) is 27.6. The Morgan fingerprint density at radius 3 is 2.21 bits per heavy atom. The molecule has 3 fully saturated rings. The van der Waals surface area contributed by atoms with E-state index >= 15 is 0 Å². The maximum atomic E-state index is 13.7. The second kappa shape index (κ2) is 13.0. The van der Waals surface area contributed by atoms with Crippen LogP contribution in [0.5, 0.6) is 0 Å². The maximum Gasteiger partial charge on any atom is 0.407 e. The molecule has 0 aromatic heterocycles. The highest BCUT2D eigenvalue weighted by Gasteiger charge is 2.60. The molecule has 0 aliphatic carbocycles. The molecular formula is C31H38N2O10. The Labute approximate surface area is 250 Å². The predicted molar refractivity (Wildman–Crippen MR) is 150 cm³/mol. The largest absolute Gasteiger partial charge is 0.455 e. The van der Waals surface area contributed by atoms with Gasteiger partial charge in [0.05, 0.1) is 6.61 Å². The minimum Gasteiger partial charge on any atom is -0.455 e. The molecule has 2 N–H and O–H groups in total. The third kappa shape index (κ3) is 8.09. The Hall–Kier alpha value is -3.55. The lowest BCUT2D eigenvalue weighted by Crippen LogP contribution is -2.51. The first kappa shape index (κ1) is 30.9. The molecule has 12 heteroatoms. The van der Waals surface area contributed by atoms with Crippen LogP contribution in [0.1, 0.15) is 38.8 Å². The van der Waals surface area contributed by atoms with E-state index in [9.17, 15) is 14.4 Å². The van der Waals surface area contributed by atoms with Crippen molar-refractivity contribution in [3.05, 3.63) is 71.8 Å². The second-order valence-electron chi connectivity index (χ2n) is 11.6. The van der Waals surface area contributed by atoms with E-state index in [1.807, 2.05) is 60.7 Å². The molecule has 2 aromatic carbocycles. The Morgan fingerprint density at radius 1 is 0.884 bits per heavy atom. The summed E-state index contributed by atoms with van der Waals surface area (Å²) in [6, 6.07) is 17.3. The van der Waals surface area contributed by atoms with Crippen LogP contribution in [0.3, 0.4) is 0 Å². The number of benzene rings is 2. The van der Waals surface area contributed by atoms with Crippen LogP contribution in [0.25, 0.3) is 0 Å². The first-order valence-corrected chi connectivity index (χ1v) is 14.3.